The first-order valence-electron chi connectivity index (χ1n) is 8.08. The zero-order valence-electron chi connectivity index (χ0n) is 13.4. The Morgan fingerprint density at radius 2 is 1.72 bits per heavy atom. The Kier molecular flexibility index (Phi) is 4.81. The summed E-state index contributed by atoms with van der Waals surface area (Å²) in [7, 11) is 0. The zero-order chi connectivity index (χ0) is 18.0. The number of halogens is 3. The molecule has 1 amide bonds. The molecule has 1 heterocycles. The Hall–Kier alpha value is -2.34. The summed E-state index contributed by atoms with van der Waals surface area (Å²) >= 11 is 0. The van der Waals surface area contributed by atoms with Crippen LogP contribution in [0.1, 0.15) is 41.7 Å². The van der Waals surface area contributed by atoms with Gasteiger partial charge in [-0.1, -0.05) is 42.5 Å². The number of likely N-dealkylation sites (tertiary alicyclic amines) is 1. The molecule has 1 saturated heterocycles. The van der Waals surface area contributed by atoms with Crippen molar-refractivity contribution < 1.29 is 23.1 Å². The molecule has 1 fully saturated rings. The van der Waals surface area contributed by atoms with Gasteiger partial charge in [0.2, 0.25) is 0 Å². The van der Waals surface area contributed by atoms with Crippen molar-refractivity contribution in [2.45, 2.75) is 31.2 Å². The van der Waals surface area contributed by atoms with Gasteiger partial charge in [0.1, 0.15) is 0 Å². The van der Waals surface area contributed by atoms with Crippen LogP contribution >= 0.6 is 0 Å². The van der Waals surface area contributed by atoms with Crippen molar-refractivity contribution in [3.05, 3.63) is 71.3 Å². The first-order chi connectivity index (χ1) is 11.9. The average molecular weight is 349 g/mol. The number of benzene rings is 2. The Bertz CT molecular complexity index is 729. The van der Waals surface area contributed by atoms with Crippen molar-refractivity contribution in [1.82, 2.24) is 4.90 Å². The number of nitrogens with zero attached hydrogens (tertiary/aromatic N) is 1. The molecule has 6 heteroatoms. The minimum absolute atomic E-state index is 0.113. The van der Waals surface area contributed by atoms with Crippen LogP contribution < -0.4 is 0 Å². The molecule has 25 heavy (non-hydrogen) atoms. The molecule has 1 N–H and O–H groups in total. The van der Waals surface area contributed by atoms with Gasteiger partial charge >= 0.3 is 6.18 Å². The van der Waals surface area contributed by atoms with Crippen molar-refractivity contribution in [2.75, 3.05) is 6.54 Å². The van der Waals surface area contributed by atoms with E-state index in [1.807, 2.05) is 30.3 Å². The van der Waals surface area contributed by atoms with Gasteiger partial charge in [0.25, 0.3) is 5.91 Å². The summed E-state index contributed by atoms with van der Waals surface area (Å²) in [6, 6.07) is 13.5. The van der Waals surface area contributed by atoms with Gasteiger partial charge in [-0.2, -0.15) is 13.2 Å². The number of alkyl halides is 3. The first kappa shape index (κ1) is 17.5. The summed E-state index contributed by atoms with van der Waals surface area (Å²) in [4.78, 5) is 14.3. The Morgan fingerprint density at radius 1 is 1.08 bits per heavy atom. The molecule has 2 aromatic rings. The van der Waals surface area contributed by atoms with E-state index in [-0.39, 0.29) is 11.6 Å². The van der Waals surface area contributed by atoms with Gasteiger partial charge in [0.15, 0.2) is 6.10 Å². The van der Waals surface area contributed by atoms with E-state index in [9.17, 15) is 23.1 Å². The van der Waals surface area contributed by atoms with Crippen LogP contribution in [0.3, 0.4) is 0 Å². The molecule has 3 nitrogen and oxygen atoms in total. The van der Waals surface area contributed by atoms with E-state index >= 15 is 0 Å². The van der Waals surface area contributed by atoms with Crippen LogP contribution in [0.15, 0.2) is 54.6 Å². The molecule has 0 radical (unpaired) electrons. The third-order valence-corrected chi connectivity index (χ3v) is 4.51. The Balaban J connectivity index is 1.78. The van der Waals surface area contributed by atoms with Gasteiger partial charge in [0.05, 0.1) is 11.6 Å². The molecule has 1 aliphatic heterocycles. The highest BCUT2D eigenvalue weighted by molar-refractivity contribution is 5.82. The molecule has 1 aliphatic rings. The predicted molar refractivity (Wildman–Crippen MR) is 86.5 cm³/mol. The van der Waals surface area contributed by atoms with Crippen molar-refractivity contribution in [3.63, 3.8) is 0 Å². The fraction of sp³-hybridized carbons (Fsp3) is 0.316. The number of aliphatic hydroxyl groups excluding tert-OH is 1. The molecule has 2 unspecified atom stereocenters. The highest BCUT2D eigenvalue weighted by Crippen LogP contribution is 2.35. The largest absolute Gasteiger partial charge is 0.416 e. The van der Waals surface area contributed by atoms with Crippen molar-refractivity contribution in [1.29, 1.82) is 0 Å². The topological polar surface area (TPSA) is 40.5 Å². The Morgan fingerprint density at radius 3 is 2.32 bits per heavy atom. The maximum atomic E-state index is 12.7. The van der Waals surface area contributed by atoms with Gasteiger partial charge < -0.3 is 10.0 Å². The smallest absolute Gasteiger partial charge is 0.378 e. The van der Waals surface area contributed by atoms with E-state index in [1.54, 1.807) is 4.90 Å². The quantitative estimate of drug-likeness (QED) is 0.906. The van der Waals surface area contributed by atoms with Gasteiger partial charge in [-0.05, 0) is 36.1 Å². The number of carbonyl (C=O) groups excluding carboxylic acids is 1. The molecule has 3 rings (SSSR count). The number of carbonyl (C=O) groups is 1. The van der Waals surface area contributed by atoms with Gasteiger partial charge in [-0.3, -0.25) is 4.79 Å². The third-order valence-electron chi connectivity index (χ3n) is 4.51. The molecule has 0 aliphatic carbocycles. The lowest BCUT2D eigenvalue weighted by molar-refractivity contribution is -0.141. The lowest BCUT2D eigenvalue weighted by Gasteiger charge is -2.27. The van der Waals surface area contributed by atoms with Crippen molar-refractivity contribution in [2.24, 2.45) is 0 Å². The van der Waals surface area contributed by atoms with Crippen LogP contribution in [0.5, 0.6) is 0 Å². The van der Waals surface area contributed by atoms with Crippen LogP contribution in [-0.2, 0) is 11.0 Å². The van der Waals surface area contributed by atoms with Gasteiger partial charge in [0, 0.05) is 6.54 Å². The summed E-state index contributed by atoms with van der Waals surface area (Å²) in [5.41, 5.74) is 0.351. The standard InChI is InChI=1S/C19H18F3NO2/c20-19(21,22)15-10-8-14(9-11-15)17(24)18(25)23-12-4-7-16(23)13-5-2-1-3-6-13/h1-3,5-6,8-11,16-17,24H,4,7,12H2. The summed E-state index contributed by atoms with van der Waals surface area (Å²) in [5.74, 6) is -0.480. The lowest BCUT2D eigenvalue weighted by atomic mass is 10.0. The average Bonchev–Trinajstić information content (AvgIpc) is 3.10. The molecule has 0 saturated carbocycles. The first-order valence-corrected chi connectivity index (χ1v) is 8.08. The van der Waals surface area contributed by atoms with Crippen LogP contribution in [0.4, 0.5) is 13.2 Å². The second-order valence-corrected chi connectivity index (χ2v) is 6.12. The summed E-state index contributed by atoms with van der Waals surface area (Å²) < 4.78 is 37.9. The van der Waals surface area contributed by atoms with Crippen molar-refractivity contribution >= 4 is 5.91 Å². The van der Waals surface area contributed by atoms with Crippen LogP contribution in [-0.4, -0.2) is 22.5 Å². The Labute approximate surface area is 143 Å². The van der Waals surface area contributed by atoms with E-state index < -0.39 is 23.8 Å². The van der Waals surface area contributed by atoms with E-state index in [4.69, 9.17) is 0 Å². The monoisotopic (exact) mass is 349 g/mol. The summed E-state index contributed by atoms with van der Waals surface area (Å²) in [5, 5.41) is 10.3. The maximum Gasteiger partial charge on any atom is 0.416 e. The summed E-state index contributed by atoms with van der Waals surface area (Å²) in [6.45, 7) is 0.524. The molecule has 0 bridgehead atoms. The fourth-order valence-corrected chi connectivity index (χ4v) is 3.21. The minimum Gasteiger partial charge on any atom is -0.378 e. The molecule has 2 aromatic carbocycles. The third kappa shape index (κ3) is 3.69. The molecule has 2 atom stereocenters. The van der Waals surface area contributed by atoms with E-state index in [1.165, 1.54) is 0 Å². The molecule has 0 aromatic heterocycles. The minimum atomic E-state index is -4.44. The SMILES string of the molecule is O=C(C(O)c1ccc(C(F)(F)F)cc1)N1CCCC1c1ccccc1. The second-order valence-electron chi connectivity index (χ2n) is 6.12. The number of rotatable bonds is 3. The normalized spacial score (nSPS) is 19.0. The second kappa shape index (κ2) is 6.88. The predicted octanol–water partition coefficient (Wildman–Crippen LogP) is 4.10. The molecular weight excluding hydrogens is 331 g/mol. The van der Waals surface area contributed by atoms with Gasteiger partial charge in [-0.25, -0.2) is 0 Å². The molecule has 0 spiro atoms. The fourth-order valence-electron chi connectivity index (χ4n) is 3.21. The van der Waals surface area contributed by atoms with E-state index in [2.05, 4.69) is 0 Å². The number of hydrogen-bond donors (Lipinski definition) is 1. The molecular formula is C19H18F3NO2. The van der Waals surface area contributed by atoms with Crippen LogP contribution in [0.25, 0.3) is 0 Å². The highest BCUT2D eigenvalue weighted by Gasteiger charge is 2.34. The number of hydrogen-bond acceptors (Lipinski definition) is 2. The van der Waals surface area contributed by atoms with Crippen LogP contribution in [0, 0.1) is 0 Å². The highest BCUT2D eigenvalue weighted by atomic mass is 19.4. The molecule has 132 valence electrons. The maximum absolute atomic E-state index is 12.7. The van der Waals surface area contributed by atoms with Gasteiger partial charge in [-0.15, -0.1) is 0 Å². The van der Waals surface area contributed by atoms with Crippen LogP contribution in [0.2, 0.25) is 0 Å². The summed E-state index contributed by atoms with van der Waals surface area (Å²) in [6.07, 6.45) is -4.28. The van der Waals surface area contributed by atoms with E-state index in [0.717, 1.165) is 42.7 Å². The number of amides is 1. The van der Waals surface area contributed by atoms with Crippen molar-refractivity contribution in [3.8, 4) is 0 Å². The number of aliphatic hydroxyl groups is 1. The zero-order valence-corrected chi connectivity index (χ0v) is 13.4. The lowest BCUT2D eigenvalue weighted by Crippen LogP contribution is -2.34. The van der Waals surface area contributed by atoms with E-state index in [0.29, 0.717) is 6.54 Å².